The summed E-state index contributed by atoms with van der Waals surface area (Å²) in [4.78, 5) is 14.8. The molecule has 2 heterocycles. The van der Waals surface area contributed by atoms with Gasteiger partial charge in [0.15, 0.2) is 11.5 Å². The van der Waals surface area contributed by atoms with E-state index >= 15 is 0 Å². The van der Waals surface area contributed by atoms with E-state index in [1.54, 1.807) is 0 Å². The Morgan fingerprint density at radius 2 is 2.00 bits per heavy atom. The van der Waals surface area contributed by atoms with Gasteiger partial charge in [-0.2, -0.15) is 0 Å². The fourth-order valence-corrected chi connectivity index (χ4v) is 3.91. The van der Waals surface area contributed by atoms with Gasteiger partial charge >= 0.3 is 0 Å². The number of carbonyl (C=O) groups excluding carboxylic acids is 1. The SMILES string of the molecule is CCCC[C@@H]1CN(CCC(=O)NCc2ccc3c(c2)OCO3)Cc2ccccc2O1. The number of ether oxygens (including phenoxy) is 3. The Hall–Kier alpha value is -2.73. The first-order valence-corrected chi connectivity index (χ1v) is 10.8. The van der Waals surface area contributed by atoms with E-state index < -0.39 is 0 Å². The van der Waals surface area contributed by atoms with Gasteiger partial charge in [-0.3, -0.25) is 9.69 Å². The van der Waals surface area contributed by atoms with Crippen LogP contribution in [0.2, 0.25) is 0 Å². The largest absolute Gasteiger partial charge is 0.489 e. The Bertz CT molecular complexity index is 870. The molecule has 0 aliphatic carbocycles. The summed E-state index contributed by atoms with van der Waals surface area (Å²) in [6.45, 7) is 5.33. The van der Waals surface area contributed by atoms with Crippen LogP contribution in [-0.4, -0.2) is 36.8 Å². The lowest BCUT2D eigenvalue weighted by atomic mass is 10.1. The van der Waals surface area contributed by atoms with E-state index in [0.717, 1.165) is 55.2 Å². The van der Waals surface area contributed by atoms with Crippen molar-refractivity contribution in [3.63, 3.8) is 0 Å². The summed E-state index contributed by atoms with van der Waals surface area (Å²) in [5, 5.41) is 3.02. The summed E-state index contributed by atoms with van der Waals surface area (Å²) in [6, 6.07) is 14.0. The normalized spacial score (nSPS) is 17.7. The zero-order chi connectivity index (χ0) is 20.8. The molecule has 6 heteroatoms. The molecule has 1 atom stereocenters. The number of benzene rings is 2. The maximum absolute atomic E-state index is 12.5. The third-order valence-electron chi connectivity index (χ3n) is 5.58. The quantitative estimate of drug-likeness (QED) is 0.716. The molecule has 0 aromatic heterocycles. The van der Waals surface area contributed by atoms with Crippen molar-refractivity contribution in [2.24, 2.45) is 0 Å². The van der Waals surface area contributed by atoms with Crippen molar-refractivity contribution >= 4 is 5.91 Å². The van der Waals surface area contributed by atoms with Gasteiger partial charge in [-0.25, -0.2) is 0 Å². The van der Waals surface area contributed by atoms with Crippen LogP contribution in [0.15, 0.2) is 42.5 Å². The zero-order valence-electron chi connectivity index (χ0n) is 17.6. The third-order valence-corrected chi connectivity index (χ3v) is 5.58. The predicted molar refractivity (Wildman–Crippen MR) is 115 cm³/mol. The van der Waals surface area contributed by atoms with Gasteiger partial charge in [-0.1, -0.05) is 37.6 Å². The molecule has 30 heavy (non-hydrogen) atoms. The van der Waals surface area contributed by atoms with E-state index in [-0.39, 0.29) is 18.8 Å². The minimum Gasteiger partial charge on any atom is -0.489 e. The Labute approximate surface area is 178 Å². The molecule has 0 radical (unpaired) electrons. The number of fused-ring (bicyclic) bond motifs is 2. The van der Waals surface area contributed by atoms with Gasteiger partial charge < -0.3 is 19.5 Å². The minimum absolute atomic E-state index is 0.0521. The molecule has 2 aliphatic heterocycles. The molecule has 1 amide bonds. The van der Waals surface area contributed by atoms with Crippen molar-refractivity contribution in [3.05, 3.63) is 53.6 Å². The van der Waals surface area contributed by atoms with Crippen molar-refractivity contribution in [1.29, 1.82) is 0 Å². The summed E-state index contributed by atoms with van der Waals surface area (Å²) >= 11 is 0. The number of nitrogens with one attached hydrogen (secondary N) is 1. The number of rotatable bonds is 8. The topological polar surface area (TPSA) is 60.0 Å². The third kappa shape index (κ3) is 5.25. The van der Waals surface area contributed by atoms with Crippen LogP contribution in [0.25, 0.3) is 0 Å². The first-order chi connectivity index (χ1) is 14.7. The standard InChI is InChI=1S/C24H30N2O4/c1-2-3-7-20-16-26(15-19-6-4-5-8-21(19)30-20)12-11-24(27)25-14-18-9-10-22-23(13-18)29-17-28-22/h4-6,8-10,13,20H,2-3,7,11-12,14-17H2,1H3,(H,25,27)/t20-/m1/s1. The van der Waals surface area contributed by atoms with Crippen LogP contribution in [-0.2, 0) is 17.9 Å². The average Bonchev–Trinajstić information content (AvgIpc) is 3.15. The fourth-order valence-electron chi connectivity index (χ4n) is 3.91. The van der Waals surface area contributed by atoms with E-state index in [4.69, 9.17) is 14.2 Å². The zero-order valence-corrected chi connectivity index (χ0v) is 17.6. The van der Waals surface area contributed by atoms with Crippen LogP contribution in [0.4, 0.5) is 0 Å². The summed E-state index contributed by atoms with van der Waals surface area (Å²) < 4.78 is 17.0. The van der Waals surface area contributed by atoms with E-state index in [1.165, 1.54) is 5.56 Å². The predicted octanol–water partition coefficient (Wildman–Crippen LogP) is 3.88. The van der Waals surface area contributed by atoms with Gasteiger partial charge in [-0.15, -0.1) is 0 Å². The molecule has 160 valence electrons. The Kier molecular flexibility index (Phi) is 6.74. The number of hydrogen-bond acceptors (Lipinski definition) is 5. The maximum Gasteiger partial charge on any atom is 0.231 e. The Balaban J connectivity index is 1.29. The molecular formula is C24H30N2O4. The highest BCUT2D eigenvalue weighted by Crippen LogP contribution is 2.32. The number of para-hydroxylation sites is 1. The van der Waals surface area contributed by atoms with Crippen molar-refractivity contribution < 1.29 is 19.0 Å². The van der Waals surface area contributed by atoms with E-state index in [2.05, 4.69) is 29.3 Å². The smallest absolute Gasteiger partial charge is 0.231 e. The van der Waals surface area contributed by atoms with Gasteiger partial charge in [0.2, 0.25) is 12.7 Å². The minimum atomic E-state index is 0.0521. The number of amides is 1. The van der Waals surface area contributed by atoms with Gasteiger partial charge in [-0.05, 0) is 36.6 Å². The van der Waals surface area contributed by atoms with Crippen LogP contribution >= 0.6 is 0 Å². The summed E-state index contributed by atoms with van der Waals surface area (Å²) in [5.41, 5.74) is 2.20. The second-order valence-electron chi connectivity index (χ2n) is 7.94. The average molecular weight is 411 g/mol. The van der Waals surface area contributed by atoms with Gasteiger partial charge in [0.25, 0.3) is 0 Å². The molecule has 2 aromatic carbocycles. The first kappa shape index (κ1) is 20.5. The van der Waals surface area contributed by atoms with E-state index in [9.17, 15) is 4.79 Å². The number of hydrogen-bond donors (Lipinski definition) is 1. The molecule has 1 N–H and O–H groups in total. The summed E-state index contributed by atoms with van der Waals surface area (Å²) in [7, 11) is 0. The van der Waals surface area contributed by atoms with Crippen molar-refractivity contribution in [2.45, 2.75) is 51.8 Å². The first-order valence-electron chi connectivity index (χ1n) is 10.8. The highest BCUT2D eigenvalue weighted by molar-refractivity contribution is 5.76. The van der Waals surface area contributed by atoms with Crippen LogP contribution in [0, 0.1) is 0 Å². The number of carbonyl (C=O) groups is 1. The monoisotopic (exact) mass is 410 g/mol. The molecule has 2 aromatic rings. The van der Waals surface area contributed by atoms with E-state index in [1.807, 2.05) is 30.3 Å². The Morgan fingerprint density at radius 3 is 2.90 bits per heavy atom. The molecule has 6 nitrogen and oxygen atoms in total. The van der Waals surface area contributed by atoms with Crippen LogP contribution < -0.4 is 19.5 Å². The van der Waals surface area contributed by atoms with E-state index in [0.29, 0.717) is 19.5 Å². The van der Waals surface area contributed by atoms with Crippen LogP contribution in [0.3, 0.4) is 0 Å². The number of unbranched alkanes of at least 4 members (excludes halogenated alkanes) is 1. The van der Waals surface area contributed by atoms with Gasteiger partial charge in [0.05, 0.1) is 0 Å². The lowest BCUT2D eigenvalue weighted by Crippen LogP contribution is -2.35. The maximum atomic E-state index is 12.5. The highest BCUT2D eigenvalue weighted by atomic mass is 16.7. The highest BCUT2D eigenvalue weighted by Gasteiger charge is 2.23. The van der Waals surface area contributed by atoms with Crippen LogP contribution in [0.5, 0.6) is 17.2 Å². The molecule has 0 unspecified atom stereocenters. The lowest BCUT2D eigenvalue weighted by Gasteiger charge is -2.23. The van der Waals surface area contributed by atoms with Crippen LogP contribution in [0.1, 0.15) is 43.7 Å². The fraction of sp³-hybridized carbons (Fsp3) is 0.458. The molecule has 0 fully saturated rings. The summed E-state index contributed by atoms with van der Waals surface area (Å²) in [5.74, 6) is 2.53. The molecule has 0 spiro atoms. The van der Waals surface area contributed by atoms with Crippen molar-refractivity contribution in [2.75, 3.05) is 19.9 Å². The summed E-state index contributed by atoms with van der Waals surface area (Å²) in [6.07, 6.45) is 3.98. The molecular weight excluding hydrogens is 380 g/mol. The number of nitrogens with zero attached hydrogens (tertiary/aromatic N) is 1. The lowest BCUT2D eigenvalue weighted by molar-refractivity contribution is -0.121. The van der Waals surface area contributed by atoms with Crippen molar-refractivity contribution in [3.8, 4) is 17.2 Å². The second-order valence-corrected chi connectivity index (χ2v) is 7.94. The van der Waals surface area contributed by atoms with Crippen molar-refractivity contribution in [1.82, 2.24) is 10.2 Å². The van der Waals surface area contributed by atoms with Gasteiger partial charge in [0, 0.05) is 38.2 Å². The molecule has 0 saturated heterocycles. The Morgan fingerprint density at radius 1 is 1.13 bits per heavy atom. The molecule has 0 bridgehead atoms. The second kappa shape index (κ2) is 9.85. The molecule has 2 aliphatic rings. The molecule has 0 saturated carbocycles. The van der Waals surface area contributed by atoms with Gasteiger partial charge in [0.1, 0.15) is 11.9 Å². The molecule has 4 rings (SSSR count).